The quantitative estimate of drug-likeness (QED) is 0.188. The second-order valence-corrected chi connectivity index (χ2v) is 17.8. The van der Waals surface area contributed by atoms with Crippen LogP contribution in [-0.4, -0.2) is 50.9 Å². The van der Waals surface area contributed by atoms with Crippen molar-refractivity contribution in [2.45, 2.75) is 77.7 Å². The summed E-state index contributed by atoms with van der Waals surface area (Å²) in [6.45, 7) is 16.4. The zero-order valence-electron chi connectivity index (χ0n) is 25.1. The van der Waals surface area contributed by atoms with E-state index in [0.717, 1.165) is 16.7 Å². The molecule has 1 saturated heterocycles. The molecular weight excluding hydrogens is 542 g/mol. The van der Waals surface area contributed by atoms with Crippen LogP contribution < -0.4 is 4.74 Å². The Bertz CT molecular complexity index is 1240. The Labute approximate surface area is 243 Å². The normalized spacial score (nSPS) is 21.4. The molecule has 0 aromatic heterocycles. The van der Waals surface area contributed by atoms with E-state index in [9.17, 15) is 15.2 Å². The van der Waals surface area contributed by atoms with Gasteiger partial charge in [0.2, 0.25) is 8.32 Å². The Morgan fingerprint density at radius 3 is 2.34 bits per heavy atom. The van der Waals surface area contributed by atoms with Crippen molar-refractivity contribution < 1.29 is 33.4 Å². The van der Waals surface area contributed by atoms with Crippen LogP contribution in [0.1, 0.15) is 63.7 Å². The summed E-state index contributed by atoms with van der Waals surface area (Å²) in [4.78, 5) is 10.6. The van der Waals surface area contributed by atoms with Crippen molar-refractivity contribution >= 4 is 14.0 Å². The maximum atomic E-state index is 11.0. The number of non-ortho nitro benzene ring substituents is 1. The molecule has 2 aromatic carbocycles. The molecule has 0 unspecified atom stereocenters. The molecule has 0 amide bonds. The number of rotatable bonds is 10. The van der Waals surface area contributed by atoms with Crippen molar-refractivity contribution in [3.63, 3.8) is 0 Å². The fraction of sp³-hybridized carbons (Fsp3) is 0.548. The van der Waals surface area contributed by atoms with Crippen molar-refractivity contribution in [1.29, 1.82) is 0 Å². The largest absolute Gasteiger partial charge is 0.545 e. The molecule has 1 fully saturated rings. The van der Waals surface area contributed by atoms with Gasteiger partial charge in [0.15, 0.2) is 6.29 Å². The molecule has 2 aromatic rings. The first kappa shape index (κ1) is 31.2. The molecule has 2 aliphatic heterocycles. The lowest BCUT2D eigenvalue weighted by Crippen LogP contribution is -2.41. The number of hydrogen-bond donors (Lipinski definition) is 1. The zero-order valence-corrected chi connectivity index (χ0v) is 26.1. The third kappa shape index (κ3) is 7.55. The smallest absolute Gasteiger partial charge is 0.269 e. The summed E-state index contributed by atoms with van der Waals surface area (Å²) in [5.41, 5.74) is 2.56. The first-order valence-electron chi connectivity index (χ1n) is 14.1. The molecule has 2 atom stereocenters. The summed E-state index contributed by atoms with van der Waals surface area (Å²) in [6.07, 6.45) is 1.01. The first-order valence-corrected chi connectivity index (χ1v) is 17.0. The number of aliphatic hydroxyl groups excluding tert-OH is 1. The molecule has 4 rings (SSSR count). The second kappa shape index (κ2) is 12.2. The third-order valence-electron chi connectivity index (χ3n) is 7.96. The molecule has 41 heavy (non-hydrogen) atoms. The van der Waals surface area contributed by atoms with E-state index < -0.39 is 31.7 Å². The van der Waals surface area contributed by atoms with E-state index in [0.29, 0.717) is 37.8 Å². The maximum absolute atomic E-state index is 11.0. The summed E-state index contributed by atoms with van der Waals surface area (Å²) >= 11 is 0. The molecule has 0 aliphatic carbocycles. The third-order valence-corrected chi connectivity index (χ3v) is 12.3. The highest BCUT2D eigenvalue weighted by molar-refractivity contribution is 6.74. The number of benzene rings is 2. The molecule has 1 N–H and O–H groups in total. The lowest BCUT2D eigenvalue weighted by Gasteiger charge is -2.37. The first-order chi connectivity index (χ1) is 19.2. The maximum Gasteiger partial charge on any atom is 0.269 e. The van der Waals surface area contributed by atoms with Crippen LogP contribution in [-0.2, 0) is 25.1 Å². The van der Waals surface area contributed by atoms with Gasteiger partial charge in [0.1, 0.15) is 23.7 Å². The number of aliphatic hydroxyl groups is 1. The van der Waals surface area contributed by atoms with Gasteiger partial charge in [-0.3, -0.25) is 10.1 Å². The van der Waals surface area contributed by atoms with Crippen LogP contribution in [0.3, 0.4) is 0 Å². The molecular formula is C31H43NO8Si. The molecule has 0 saturated carbocycles. The summed E-state index contributed by atoms with van der Waals surface area (Å²) < 4.78 is 31.2. The predicted molar refractivity (Wildman–Crippen MR) is 158 cm³/mol. The Balaban J connectivity index is 1.56. The van der Waals surface area contributed by atoms with Gasteiger partial charge in [0.05, 0.1) is 31.4 Å². The van der Waals surface area contributed by atoms with E-state index in [2.05, 4.69) is 47.7 Å². The minimum Gasteiger partial charge on any atom is -0.545 e. The Kier molecular flexibility index (Phi) is 9.30. The van der Waals surface area contributed by atoms with Crippen molar-refractivity contribution in [1.82, 2.24) is 0 Å². The monoisotopic (exact) mass is 585 g/mol. The average Bonchev–Trinajstić information content (AvgIpc) is 3.30. The minimum absolute atomic E-state index is 0.00677. The van der Waals surface area contributed by atoms with Gasteiger partial charge in [0, 0.05) is 29.5 Å². The highest BCUT2D eigenvalue weighted by Gasteiger charge is 2.42. The fourth-order valence-electron chi connectivity index (χ4n) is 4.38. The van der Waals surface area contributed by atoms with E-state index in [4.69, 9.17) is 23.4 Å². The van der Waals surface area contributed by atoms with Crippen LogP contribution >= 0.6 is 0 Å². The Morgan fingerprint density at radius 2 is 1.76 bits per heavy atom. The van der Waals surface area contributed by atoms with Crippen molar-refractivity contribution in [2.75, 3.05) is 26.4 Å². The molecule has 0 bridgehead atoms. The SMILES string of the molecule is CC1(C)COC(c2ccc([C@H]3C=C(O[Si](C)(C)C(C)(C)C)[C@@H](CO)O3)cc2OCCc2ccc([N+](=O)[O-])cc2)OC1. The van der Waals surface area contributed by atoms with E-state index in [1.54, 1.807) is 12.1 Å². The standard InChI is InChI=1S/C31H43NO8Si/c1-30(2,3)41(6,7)40-27-17-25(39-28(27)18-33)22-10-13-24(29-37-19-31(4,5)20-38-29)26(16-22)36-15-14-21-8-11-23(12-9-21)32(34)35/h8-13,16-17,25,28-29,33H,14-15,18-20H2,1-7H3/t25-,28-/m1/s1. The molecule has 2 aliphatic rings. The molecule has 2 heterocycles. The van der Waals surface area contributed by atoms with E-state index in [1.807, 2.05) is 24.3 Å². The molecule has 0 radical (unpaired) electrons. The van der Waals surface area contributed by atoms with Crippen LogP contribution in [0.5, 0.6) is 5.75 Å². The number of nitrogens with zero attached hydrogens (tertiary/aromatic N) is 1. The van der Waals surface area contributed by atoms with Gasteiger partial charge in [-0.05, 0) is 47.5 Å². The Hall–Kier alpha value is -2.76. The second-order valence-electron chi connectivity index (χ2n) is 13.1. The van der Waals surface area contributed by atoms with Gasteiger partial charge in [-0.15, -0.1) is 0 Å². The summed E-state index contributed by atoms with van der Waals surface area (Å²) in [5.74, 6) is 1.29. The van der Waals surface area contributed by atoms with Crippen LogP contribution in [0.4, 0.5) is 5.69 Å². The Morgan fingerprint density at radius 1 is 1.10 bits per heavy atom. The summed E-state index contributed by atoms with van der Waals surface area (Å²) in [7, 11) is -2.13. The lowest BCUT2D eigenvalue weighted by atomic mass is 9.95. The van der Waals surface area contributed by atoms with E-state index in [1.165, 1.54) is 12.1 Å². The van der Waals surface area contributed by atoms with E-state index >= 15 is 0 Å². The van der Waals surface area contributed by atoms with Crippen LogP contribution in [0.15, 0.2) is 54.3 Å². The van der Waals surface area contributed by atoms with Crippen LogP contribution in [0, 0.1) is 15.5 Å². The van der Waals surface area contributed by atoms with Gasteiger partial charge in [-0.2, -0.15) is 0 Å². The van der Waals surface area contributed by atoms with Crippen molar-refractivity contribution in [3.8, 4) is 5.75 Å². The number of ether oxygens (including phenoxy) is 4. The molecule has 0 spiro atoms. The predicted octanol–water partition coefficient (Wildman–Crippen LogP) is 6.63. The van der Waals surface area contributed by atoms with Crippen molar-refractivity contribution in [3.05, 3.63) is 81.1 Å². The van der Waals surface area contributed by atoms with Gasteiger partial charge in [0.25, 0.3) is 5.69 Å². The fourth-order valence-corrected chi connectivity index (χ4v) is 5.47. The van der Waals surface area contributed by atoms with Gasteiger partial charge < -0.3 is 28.5 Å². The van der Waals surface area contributed by atoms with Gasteiger partial charge in [-0.1, -0.05) is 52.8 Å². The zero-order chi connectivity index (χ0) is 30.0. The summed E-state index contributed by atoms with van der Waals surface area (Å²) in [5, 5.41) is 21.0. The highest BCUT2D eigenvalue weighted by atomic mass is 28.4. The van der Waals surface area contributed by atoms with Crippen molar-refractivity contribution in [2.24, 2.45) is 5.41 Å². The summed E-state index contributed by atoms with van der Waals surface area (Å²) in [6, 6.07) is 12.3. The van der Waals surface area contributed by atoms with Gasteiger partial charge >= 0.3 is 0 Å². The van der Waals surface area contributed by atoms with Crippen LogP contribution in [0.25, 0.3) is 0 Å². The number of hydrogen-bond acceptors (Lipinski definition) is 8. The van der Waals surface area contributed by atoms with E-state index in [-0.39, 0.29) is 22.7 Å². The molecule has 10 heteroatoms. The lowest BCUT2D eigenvalue weighted by molar-refractivity contribution is -0.384. The van der Waals surface area contributed by atoms with Gasteiger partial charge in [-0.25, -0.2) is 0 Å². The van der Waals surface area contributed by atoms with Crippen LogP contribution in [0.2, 0.25) is 18.1 Å². The molecule has 224 valence electrons. The minimum atomic E-state index is -2.13. The topological polar surface area (TPSA) is 110 Å². The molecule has 9 nitrogen and oxygen atoms in total. The number of nitro groups is 1. The average molecular weight is 586 g/mol. The highest BCUT2D eigenvalue weighted by Crippen LogP contribution is 2.43. The number of nitro benzene ring substituents is 1.